The lowest BCUT2D eigenvalue weighted by molar-refractivity contribution is 0.187. The molecule has 2 rings (SSSR count). The molecule has 1 aromatic rings. The first kappa shape index (κ1) is 13.5. The fourth-order valence-electron chi connectivity index (χ4n) is 3.37. The minimum Gasteiger partial charge on any atom is -0.319 e. The number of aryl methyl sites for hydroxylation is 1. The van der Waals surface area contributed by atoms with Gasteiger partial charge in [-0.1, -0.05) is 19.1 Å². The predicted molar refractivity (Wildman–Crippen MR) is 73.3 cm³/mol. The molecule has 4 heteroatoms. The lowest BCUT2D eigenvalue weighted by atomic mass is 9.69. The molecule has 0 spiro atoms. The summed E-state index contributed by atoms with van der Waals surface area (Å²) < 4.78 is 1.95. The number of rotatable bonds is 4. The third-order valence-corrected chi connectivity index (χ3v) is 4.57. The summed E-state index contributed by atoms with van der Waals surface area (Å²) in [6.07, 6.45) is 5.92. The summed E-state index contributed by atoms with van der Waals surface area (Å²) in [6, 6.07) is 0. The van der Waals surface area contributed by atoms with Crippen molar-refractivity contribution in [1.82, 2.24) is 20.3 Å². The Hall–Kier alpha value is -0.900. The van der Waals surface area contributed by atoms with Crippen molar-refractivity contribution in [3.63, 3.8) is 0 Å². The number of nitrogens with zero attached hydrogens (tertiary/aromatic N) is 3. The van der Waals surface area contributed by atoms with E-state index >= 15 is 0 Å². The molecule has 1 aromatic heterocycles. The maximum absolute atomic E-state index is 4.10. The summed E-state index contributed by atoms with van der Waals surface area (Å²) in [6.45, 7) is 5.80. The zero-order valence-electron chi connectivity index (χ0n) is 12.1. The van der Waals surface area contributed by atoms with Crippen LogP contribution in [-0.2, 0) is 7.05 Å². The third-order valence-electron chi connectivity index (χ3n) is 4.57. The normalized spacial score (nSPS) is 28.8. The summed E-state index contributed by atoms with van der Waals surface area (Å²) in [5, 5.41) is 11.5. The van der Waals surface area contributed by atoms with Gasteiger partial charge < -0.3 is 5.32 Å². The molecule has 0 aromatic carbocycles. The van der Waals surface area contributed by atoms with E-state index < -0.39 is 0 Å². The van der Waals surface area contributed by atoms with Gasteiger partial charge in [0.2, 0.25) is 0 Å². The van der Waals surface area contributed by atoms with Gasteiger partial charge in [0.1, 0.15) is 0 Å². The Kier molecular flexibility index (Phi) is 4.38. The highest BCUT2D eigenvalue weighted by molar-refractivity contribution is 5.08. The molecule has 1 aliphatic carbocycles. The first-order valence-electron chi connectivity index (χ1n) is 7.12. The fraction of sp³-hybridized carbons (Fsp3) is 0.857. The zero-order valence-corrected chi connectivity index (χ0v) is 12.1. The first-order valence-corrected chi connectivity index (χ1v) is 7.12. The van der Waals surface area contributed by atoms with E-state index in [9.17, 15) is 0 Å². The quantitative estimate of drug-likeness (QED) is 0.890. The zero-order chi connectivity index (χ0) is 13.1. The Balaban J connectivity index is 2.17. The second-order valence-corrected chi connectivity index (χ2v) is 6.02. The van der Waals surface area contributed by atoms with Gasteiger partial charge in [0.05, 0.1) is 11.9 Å². The van der Waals surface area contributed by atoms with Crippen LogP contribution >= 0.6 is 0 Å². The average Bonchev–Trinajstić information content (AvgIpc) is 2.76. The van der Waals surface area contributed by atoms with Crippen LogP contribution in [0.5, 0.6) is 0 Å². The van der Waals surface area contributed by atoms with E-state index in [1.54, 1.807) is 0 Å². The molecule has 3 atom stereocenters. The minimum atomic E-state index is 0.610. The van der Waals surface area contributed by atoms with E-state index in [1.807, 2.05) is 25.0 Å². The minimum absolute atomic E-state index is 0.610. The Morgan fingerprint density at radius 3 is 2.78 bits per heavy atom. The van der Waals surface area contributed by atoms with Gasteiger partial charge in [-0.3, -0.25) is 4.68 Å². The van der Waals surface area contributed by atoms with Crippen molar-refractivity contribution in [2.45, 2.75) is 39.0 Å². The van der Waals surface area contributed by atoms with Crippen LogP contribution < -0.4 is 5.32 Å². The number of hydrogen-bond donors (Lipinski definition) is 1. The van der Waals surface area contributed by atoms with Gasteiger partial charge in [-0.05, 0) is 50.6 Å². The molecule has 1 saturated carbocycles. The smallest absolute Gasteiger partial charge is 0.0728 e. The molecule has 0 aliphatic heterocycles. The molecule has 0 amide bonds. The average molecular weight is 250 g/mol. The van der Waals surface area contributed by atoms with Gasteiger partial charge in [0.25, 0.3) is 0 Å². The summed E-state index contributed by atoms with van der Waals surface area (Å²) in [5.74, 6) is 2.96. The second-order valence-electron chi connectivity index (χ2n) is 6.02. The van der Waals surface area contributed by atoms with Crippen molar-refractivity contribution in [3.8, 4) is 0 Å². The number of nitrogens with one attached hydrogen (secondary N) is 1. The van der Waals surface area contributed by atoms with E-state index in [-0.39, 0.29) is 0 Å². The van der Waals surface area contributed by atoms with Crippen molar-refractivity contribution in [1.29, 1.82) is 0 Å². The van der Waals surface area contributed by atoms with Crippen LogP contribution in [0.25, 0.3) is 0 Å². The van der Waals surface area contributed by atoms with Crippen LogP contribution in [0.15, 0.2) is 6.20 Å². The second kappa shape index (κ2) is 5.83. The van der Waals surface area contributed by atoms with Crippen LogP contribution in [0.4, 0.5) is 0 Å². The van der Waals surface area contributed by atoms with Crippen LogP contribution in [0.3, 0.4) is 0 Å². The molecule has 1 fully saturated rings. The Morgan fingerprint density at radius 1 is 1.44 bits per heavy atom. The molecule has 3 unspecified atom stereocenters. The molecule has 1 heterocycles. The Bertz CT molecular complexity index is 372. The molecule has 0 radical (unpaired) electrons. The summed E-state index contributed by atoms with van der Waals surface area (Å²) in [7, 11) is 4.06. The van der Waals surface area contributed by atoms with Gasteiger partial charge in [-0.2, -0.15) is 0 Å². The highest BCUT2D eigenvalue weighted by Gasteiger charge is 2.33. The Labute approximate surface area is 110 Å². The lowest BCUT2D eigenvalue weighted by Gasteiger charge is -2.37. The van der Waals surface area contributed by atoms with Crippen molar-refractivity contribution >= 4 is 0 Å². The summed E-state index contributed by atoms with van der Waals surface area (Å²) >= 11 is 0. The summed E-state index contributed by atoms with van der Waals surface area (Å²) in [4.78, 5) is 0. The SMILES string of the molecule is CNCC1CCC(C(C)C)CC1c1cnnn1C. The molecule has 102 valence electrons. The number of hydrogen-bond acceptors (Lipinski definition) is 3. The maximum Gasteiger partial charge on any atom is 0.0728 e. The molecule has 0 bridgehead atoms. The van der Waals surface area contributed by atoms with E-state index in [0.29, 0.717) is 5.92 Å². The molecule has 0 saturated heterocycles. The standard InChI is InChI=1S/C14H26N4/c1-10(2)11-5-6-12(8-15-3)13(7-11)14-9-16-17-18(14)4/h9-13,15H,5-8H2,1-4H3. The van der Waals surface area contributed by atoms with E-state index in [4.69, 9.17) is 0 Å². The molecular weight excluding hydrogens is 224 g/mol. The van der Waals surface area contributed by atoms with E-state index in [1.165, 1.54) is 25.0 Å². The molecule has 18 heavy (non-hydrogen) atoms. The van der Waals surface area contributed by atoms with Crippen molar-refractivity contribution < 1.29 is 0 Å². The monoisotopic (exact) mass is 250 g/mol. The van der Waals surface area contributed by atoms with Crippen LogP contribution in [-0.4, -0.2) is 28.6 Å². The highest BCUT2D eigenvalue weighted by Crippen LogP contribution is 2.42. The summed E-state index contributed by atoms with van der Waals surface area (Å²) in [5.41, 5.74) is 1.31. The van der Waals surface area contributed by atoms with E-state index in [0.717, 1.165) is 24.3 Å². The van der Waals surface area contributed by atoms with E-state index in [2.05, 4.69) is 29.5 Å². The predicted octanol–water partition coefficient (Wildman–Crippen LogP) is 2.19. The fourth-order valence-corrected chi connectivity index (χ4v) is 3.37. The number of aromatic nitrogens is 3. The van der Waals surface area contributed by atoms with Gasteiger partial charge >= 0.3 is 0 Å². The largest absolute Gasteiger partial charge is 0.319 e. The molecule has 1 N–H and O–H groups in total. The highest BCUT2D eigenvalue weighted by atomic mass is 15.4. The van der Waals surface area contributed by atoms with Crippen LogP contribution in [0, 0.1) is 17.8 Å². The molecular formula is C14H26N4. The van der Waals surface area contributed by atoms with Crippen LogP contribution in [0.2, 0.25) is 0 Å². The lowest BCUT2D eigenvalue weighted by Crippen LogP contribution is -2.33. The molecule has 4 nitrogen and oxygen atoms in total. The van der Waals surface area contributed by atoms with Gasteiger partial charge in [0, 0.05) is 13.0 Å². The Morgan fingerprint density at radius 2 is 2.22 bits per heavy atom. The van der Waals surface area contributed by atoms with Crippen molar-refractivity contribution in [2.75, 3.05) is 13.6 Å². The topological polar surface area (TPSA) is 42.7 Å². The van der Waals surface area contributed by atoms with Crippen molar-refractivity contribution in [2.24, 2.45) is 24.8 Å². The van der Waals surface area contributed by atoms with Gasteiger partial charge in [-0.15, -0.1) is 5.10 Å². The van der Waals surface area contributed by atoms with Gasteiger partial charge in [0.15, 0.2) is 0 Å². The maximum atomic E-state index is 4.10. The van der Waals surface area contributed by atoms with Crippen LogP contribution in [0.1, 0.15) is 44.7 Å². The van der Waals surface area contributed by atoms with Crippen molar-refractivity contribution in [3.05, 3.63) is 11.9 Å². The molecule has 1 aliphatic rings. The third kappa shape index (κ3) is 2.74. The van der Waals surface area contributed by atoms with Gasteiger partial charge in [-0.25, -0.2) is 0 Å². The first-order chi connectivity index (χ1) is 8.63.